The summed E-state index contributed by atoms with van der Waals surface area (Å²) in [6.45, 7) is 6.92. The molecule has 0 aliphatic heterocycles. The van der Waals surface area contributed by atoms with Gasteiger partial charge in [0.1, 0.15) is 5.03 Å². The van der Waals surface area contributed by atoms with Gasteiger partial charge in [0.2, 0.25) is 0 Å². The van der Waals surface area contributed by atoms with Crippen LogP contribution in [0, 0.1) is 17.6 Å². The van der Waals surface area contributed by atoms with E-state index in [9.17, 15) is 13.6 Å². The molecule has 1 atom stereocenters. The molecule has 1 aromatic carbocycles. The summed E-state index contributed by atoms with van der Waals surface area (Å²) in [6.07, 6.45) is 4.00. The number of nitrogens with zero attached hydrogens (tertiary/aromatic N) is 1. The number of rotatable bonds is 9. The van der Waals surface area contributed by atoms with E-state index in [1.807, 2.05) is 6.92 Å². The number of nitrogens with one attached hydrogen (secondary N) is 1. The first-order valence-corrected chi connectivity index (χ1v) is 10.1. The van der Waals surface area contributed by atoms with E-state index in [2.05, 4.69) is 24.1 Å². The molecule has 0 aliphatic carbocycles. The predicted octanol–water partition coefficient (Wildman–Crippen LogP) is 5.25. The van der Waals surface area contributed by atoms with Crippen molar-refractivity contribution in [2.24, 2.45) is 5.92 Å². The standard InChI is InChI=1S/C21H26F2N2OS/c1-14(2)10-12-24-20(26)17-5-4-11-25-21(17)27-15(3)6-7-16-8-9-18(22)19(23)13-16/h4-5,8-9,11,13-15H,6-7,10,12H2,1-3H3,(H,24,26). The minimum absolute atomic E-state index is 0.112. The van der Waals surface area contributed by atoms with Gasteiger partial charge in [0, 0.05) is 18.0 Å². The second kappa shape index (κ2) is 10.4. The maximum absolute atomic E-state index is 13.3. The van der Waals surface area contributed by atoms with Crippen molar-refractivity contribution in [1.29, 1.82) is 0 Å². The van der Waals surface area contributed by atoms with Crippen LogP contribution in [-0.2, 0) is 6.42 Å². The number of hydrogen-bond acceptors (Lipinski definition) is 3. The van der Waals surface area contributed by atoms with Gasteiger partial charge in [-0.15, -0.1) is 11.8 Å². The van der Waals surface area contributed by atoms with Gasteiger partial charge in [-0.05, 0) is 55.0 Å². The number of pyridine rings is 1. The minimum atomic E-state index is -0.831. The van der Waals surface area contributed by atoms with Crippen molar-refractivity contribution in [3.05, 3.63) is 59.3 Å². The molecule has 1 N–H and O–H groups in total. The van der Waals surface area contributed by atoms with Crippen LogP contribution in [0.1, 0.15) is 49.5 Å². The molecule has 1 aromatic heterocycles. The number of carbonyl (C=O) groups excluding carboxylic acids is 1. The third kappa shape index (κ3) is 6.94. The molecule has 146 valence electrons. The molecule has 0 fully saturated rings. The number of carbonyl (C=O) groups is 1. The van der Waals surface area contributed by atoms with Crippen LogP contribution in [-0.4, -0.2) is 22.7 Å². The number of halogens is 2. The highest BCUT2D eigenvalue weighted by atomic mass is 32.2. The topological polar surface area (TPSA) is 42.0 Å². The Balaban J connectivity index is 1.93. The Morgan fingerprint density at radius 1 is 1.15 bits per heavy atom. The molecular weight excluding hydrogens is 366 g/mol. The Kier molecular flexibility index (Phi) is 8.23. The number of thioether (sulfide) groups is 1. The van der Waals surface area contributed by atoms with Gasteiger partial charge in [-0.2, -0.15) is 0 Å². The van der Waals surface area contributed by atoms with Gasteiger partial charge in [-0.1, -0.05) is 26.8 Å². The van der Waals surface area contributed by atoms with Gasteiger partial charge in [-0.25, -0.2) is 13.8 Å². The van der Waals surface area contributed by atoms with Crippen LogP contribution in [0.25, 0.3) is 0 Å². The van der Waals surface area contributed by atoms with Crippen LogP contribution in [0.3, 0.4) is 0 Å². The second-order valence-electron chi connectivity index (χ2n) is 7.01. The molecule has 0 bridgehead atoms. The van der Waals surface area contributed by atoms with E-state index in [0.29, 0.717) is 29.5 Å². The summed E-state index contributed by atoms with van der Waals surface area (Å²) >= 11 is 1.53. The molecule has 0 aliphatic rings. The fourth-order valence-corrected chi connectivity index (χ4v) is 3.57. The fourth-order valence-electron chi connectivity index (χ4n) is 2.54. The molecule has 6 heteroatoms. The molecule has 27 heavy (non-hydrogen) atoms. The van der Waals surface area contributed by atoms with Crippen LogP contribution in [0.2, 0.25) is 0 Å². The van der Waals surface area contributed by atoms with Gasteiger partial charge in [-0.3, -0.25) is 4.79 Å². The second-order valence-corrected chi connectivity index (χ2v) is 8.44. The molecule has 1 heterocycles. The smallest absolute Gasteiger partial charge is 0.254 e. The van der Waals surface area contributed by atoms with Gasteiger partial charge in [0.05, 0.1) is 5.56 Å². The van der Waals surface area contributed by atoms with E-state index in [4.69, 9.17) is 0 Å². The van der Waals surface area contributed by atoms with E-state index in [-0.39, 0.29) is 11.2 Å². The average Bonchev–Trinajstić information content (AvgIpc) is 2.62. The molecule has 0 saturated heterocycles. The summed E-state index contributed by atoms with van der Waals surface area (Å²) in [5, 5.41) is 3.81. The maximum atomic E-state index is 13.3. The summed E-state index contributed by atoms with van der Waals surface area (Å²) in [5.41, 5.74) is 1.33. The zero-order valence-electron chi connectivity index (χ0n) is 16.0. The quantitative estimate of drug-likeness (QED) is 0.593. The molecule has 2 aromatic rings. The molecule has 1 unspecified atom stereocenters. The largest absolute Gasteiger partial charge is 0.352 e. The highest BCUT2D eigenvalue weighted by molar-refractivity contribution is 7.99. The summed E-state index contributed by atoms with van der Waals surface area (Å²) in [6, 6.07) is 7.53. The molecule has 3 nitrogen and oxygen atoms in total. The lowest BCUT2D eigenvalue weighted by atomic mass is 10.1. The van der Waals surface area contributed by atoms with Gasteiger partial charge < -0.3 is 5.32 Å². The zero-order chi connectivity index (χ0) is 19.8. The van der Waals surface area contributed by atoms with Crippen molar-refractivity contribution in [2.75, 3.05) is 6.54 Å². The number of benzene rings is 1. The Hall–Kier alpha value is -1.95. The molecule has 1 amide bonds. The number of aromatic nitrogens is 1. The zero-order valence-corrected chi connectivity index (χ0v) is 16.8. The van der Waals surface area contributed by atoms with E-state index in [1.165, 1.54) is 17.8 Å². The van der Waals surface area contributed by atoms with Crippen molar-refractivity contribution in [1.82, 2.24) is 10.3 Å². The Bertz CT molecular complexity index is 768. The molecular formula is C21H26F2N2OS. The molecule has 0 radical (unpaired) electrons. The molecule has 0 spiro atoms. The normalized spacial score (nSPS) is 12.2. The Labute approximate surface area is 164 Å². The monoisotopic (exact) mass is 392 g/mol. The highest BCUT2D eigenvalue weighted by Crippen LogP contribution is 2.27. The summed E-state index contributed by atoms with van der Waals surface area (Å²) in [5.74, 6) is -1.23. The van der Waals surface area contributed by atoms with Gasteiger partial charge >= 0.3 is 0 Å². The minimum Gasteiger partial charge on any atom is -0.352 e. The Morgan fingerprint density at radius 2 is 1.93 bits per heavy atom. The summed E-state index contributed by atoms with van der Waals surface area (Å²) in [7, 11) is 0. The first-order chi connectivity index (χ1) is 12.9. The van der Waals surface area contributed by atoms with Crippen molar-refractivity contribution in [2.45, 2.75) is 50.3 Å². The fraction of sp³-hybridized carbons (Fsp3) is 0.429. The highest BCUT2D eigenvalue weighted by Gasteiger charge is 2.15. The number of aryl methyl sites for hydroxylation is 1. The van der Waals surface area contributed by atoms with Crippen LogP contribution in [0.15, 0.2) is 41.6 Å². The summed E-state index contributed by atoms with van der Waals surface area (Å²) in [4.78, 5) is 16.8. The molecule has 2 rings (SSSR count). The van der Waals surface area contributed by atoms with E-state index in [1.54, 1.807) is 24.4 Å². The van der Waals surface area contributed by atoms with Crippen LogP contribution >= 0.6 is 11.8 Å². The van der Waals surface area contributed by atoms with E-state index >= 15 is 0 Å². The SMILES string of the molecule is CC(C)CCNC(=O)c1cccnc1SC(C)CCc1ccc(F)c(F)c1. The predicted molar refractivity (Wildman–Crippen MR) is 106 cm³/mol. The van der Waals surface area contributed by atoms with Crippen molar-refractivity contribution >= 4 is 17.7 Å². The number of amides is 1. The summed E-state index contributed by atoms with van der Waals surface area (Å²) < 4.78 is 26.3. The van der Waals surface area contributed by atoms with Crippen LogP contribution in [0.5, 0.6) is 0 Å². The molecule has 0 saturated carbocycles. The van der Waals surface area contributed by atoms with E-state index < -0.39 is 11.6 Å². The lowest BCUT2D eigenvalue weighted by Crippen LogP contribution is -2.26. The Morgan fingerprint density at radius 3 is 2.63 bits per heavy atom. The van der Waals surface area contributed by atoms with Crippen LogP contribution < -0.4 is 5.32 Å². The number of hydrogen-bond donors (Lipinski definition) is 1. The van der Waals surface area contributed by atoms with Crippen molar-refractivity contribution in [3.63, 3.8) is 0 Å². The third-order valence-corrected chi connectivity index (χ3v) is 5.35. The first kappa shape index (κ1) is 21.4. The lowest BCUT2D eigenvalue weighted by Gasteiger charge is -2.14. The lowest BCUT2D eigenvalue weighted by molar-refractivity contribution is 0.0948. The first-order valence-electron chi connectivity index (χ1n) is 9.20. The van der Waals surface area contributed by atoms with E-state index in [0.717, 1.165) is 24.5 Å². The van der Waals surface area contributed by atoms with Crippen molar-refractivity contribution in [3.8, 4) is 0 Å². The van der Waals surface area contributed by atoms with Gasteiger partial charge in [0.25, 0.3) is 5.91 Å². The van der Waals surface area contributed by atoms with Crippen molar-refractivity contribution < 1.29 is 13.6 Å². The van der Waals surface area contributed by atoms with Gasteiger partial charge in [0.15, 0.2) is 11.6 Å². The average molecular weight is 393 g/mol. The van der Waals surface area contributed by atoms with Crippen LogP contribution in [0.4, 0.5) is 8.78 Å². The maximum Gasteiger partial charge on any atom is 0.254 e. The third-order valence-electron chi connectivity index (χ3n) is 4.16.